The minimum atomic E-state index is -0.706. The van der Waals surface area contributed by atoms with Crippen LogP contribution in [0.5, 0.6) is 0 Å². The number of carbonyl (C=O) groups excluding carboxylic acids is 2. The van der Waals surface area contributed by atoms with E-state index in [1.165, 1.54) is 35.6 Å². The summed E-state index contributed by atoms with van der Waals surface area (Å²) in [6.07, 6.45) is 6.21. The number of hydrogen-bond donors (Lipinski definition) is 1. The molecule has 2 heterocycles. The number of rotatable bonds is 3. The average Bonchev–Trinajstić information content (AvgIpc) is 2.97. The van der Waals surface area contributed by atoms with Crippen LogP contribution in [0.2, 0.25) is 0 Å². The molecular weight excluding hydrogens is 366 g/mol. The van der Waals surface area contributed by atoms with Crippen LogP contribution in [-0.2, 0) is 4.79 Å². The molecule has 146 valence electrons. The first-order valence-electron chi connectivity index (χ1n) is 9.32. The molecule has 2 unspecified atom stereocenters. The van der Waals surface area contributed by atoms with Crippen LogP contribution in [0.1, 0.15) is 42.6 Å². The van der Waals surface area contributed by atoms with Crippen LogP contribution in [0, 0.1) is 17.0 Å². The summed E-state index contributed by atoms with van der Waals surface area (Å²) < 4.78 is 27.1. The van der Waals surface area contributed by atoms with Gasteiger partial charge in [-0.1, -0.05) is 6.42 Å². The zero-order valence-electron chi connectivity index (χ0n) is 15.2. The summed E-state index contributed by atoms with van der Waals surface area (Å²) in [5.74, 6) is -1.83. The molecule has 8 heteroatoms. The first-order valence-corrected chi connectivity index (χ1v) is 9.32. The number of amides is 2. The van der Waals surface area contributed by atoms with Crippen molar-refractivity contribution in [1.82, 2.24) is 15.3 Å². The summed E-state index contributed by atoms with van der Waals surface area (Å²) in [6, 6.07) is 4.53. The standard InChI is InChI=1S/C20H20F2N4O2/c21-13-8-14(22)10-16(9-13)26-7-5-20(19(26)28)4-1-2-15(11-20)25-18(27)17-3-6-23-12-24-17/h3,6,8-10,12,15H,1-2,4-5,7,11H2,(H,25,27). The molecule has 2 atom stereocenters. The molecule has 1 aromatic heterocycles. The Morgan fingerprint density at radius 3 is 2.71 bits per heavy atom. The fraction of sp³-hybridized carbons (Fsp3) is 0.400. The van der Waals surface area contributed by atoms with E-state index in [1.807, 2.05) is 0 Å². The normalized spacial score (nSPS) is 24.6. The first kappa shape index (κ1) is 18.5. The predicted molar refractivity (Wildman–Crippen MR) is 97.5 cm³/mol. The van der Waals surface area contributed by atoms with Gasteiger partial charge >= 0.3 is 0 Å². The molecule has 1 N–H and O–H groups in total. The molecule has 6 nitrogen and oxygen atoms in total. The lowest BCUT2D eigenvalue weighted by Gasteiger charge is -2.36. The molecule has 1 aliphatic carbocycles. The third kappa shape index (κ3) is 3.46. The molecule has 2 fully saturated rings. The maximum absolute atomic E-state index is 13.6. The number of carbonyl (C=O) groups is 2. The van der Waals surface area contributed by atoms with Gasteiger partial charge < -0.3 is 10.2 Å². The molecular formula is C20H20F2N4O2. The van der Waals surface area contributed by atoms with E-state index in [0.29, 0.717) is 25.8 Å². The second kappa shape index (κ2) is 7.26. The van der Waals surface area contributed by atoms with E-state index in [2.05, 4.69) is 15.3 Å². The summed E-state index contributed by atoms with van der Waals surface area (Å²) in [6.45, 7) is 0.411. The van der Waals surface area contributed by atoms with Gasteiger partial charge in [0.05, 0.1) is 5.41 Å². The van der Waals surface area contributed by atoms with Gasteiger partial charge in [-0.15, -0.1) is 0 Å². The van der Waals surface area contributed by atoms with E-state index >= 15 is 0 Å². The minimum Gasteiger partial charge on any atom is -0.348 e. The molecule has 1 aromatic carbocycles. The molecule has 2 amide bonds. The van der Waals surface area contributed by atoms with Gasteiger partial charge in [0.15, 0.2) is 0 Å². The number of anilines is 1. The lowest BCUT2D eigenvalue weighted by Crippen LogP contribution is -2.46. The van der Waals surface area contributed by atoms with Crippen molar-refractivity contribution in [2.75, 3.05) is 11.4 Å². The zero-order valence-corrected chi connectivity index (χ0v) is 15.2. The smallest absolute Gasteiger partial charge is 0.270 e. The maximum Gasteiger partial charge on any atom is 0.270 e. The summed E-state index contributed by atoms with van der Waals surface area (Å²) in [5.41, 5.74) is -0.0826. The SMILES string of the molecule is O=C(NC1CCCC2(CCN(c3cc(F)cc(F)c3)C2=O)C1)c1ccncn1. The fourth-order valence-corrected chi connectivity index (χ4v) is 4.35. The van der Waals surface area contributed by atoms with Crippen molar-refractivity contribution >= 4 is 17.5 Å². The Bertz CT molecular complexity index is 888. The van der Waals surface area contributed by atoms with Gasteiger partial charge in [0, 0.05) is 30.5 Å². The molecule has 1 spiro atoms. The second-order valence-corrected chi connectivity index (χ2v) is 7.48. The minimum absolute atomic E-state index is 0.126. The third-order valence-electron chi connectivity index (χ3n) is 5.67. The summed E-state index contributed by atoms with van der Waals surface area (Å²) in [7, 11) is 0. The maximum atomic E-state index is 13.6. The number of halogens is 2. The van der Waals surface area contributed by atoms with Gasteiger partial charge in [-0.25, -0.2) is 18.7 Å². The van der Waals surface area contributed by atoms with Gasteiger partial charge in [-0.3, -0.25) is 9.59 Å². The van der Waals surface area contributed by atoms with Gasteiger partial charge in [0.2, 0.25) is 5.91 Å². The molecule has 4 rings (SSSR count). The van der Waals surface area contributed by atoms with Crippen molar-refractivity contribution in [2.45, 2.75) is 38.1 Å². The predicted octanol–water partition coefficient (Wildman–Crippen LogP) is 2.85. The van der Waals surface area contributed by atoms with E-state index in [-0.39, 0.29) is 29.2 Å². The molecule has 28 heavy (non-hydrogen) atoms. The number of hydrogen-bond acceptors (Lipinski definition) is 4. The first-order chi connectivity index (χ1) is 13.5. The molecule has 1 saturated heterocycles. The van der Waals surface area contributed by atoms with E-state index in [0.717, 1.165) is 18.9 Å². The van der Waals surface area contributed by atoms with E-state index < -0.39 is 17.0 Å². The van der Waals surface area contributed by atoms with Crippen molar-refractivity contribution in [3.8, 4) is 0 Å². The van der Waals surface area contributed by atoms with E-state index in [9.17, 15) is 18.4 Å². The Labute approximate surface area is 161 Å². The summed E-state index contributed by atoms with van der Waals surface area (Å²) in [5, 5.41) is 2.96. The highest BCUT2D eigenvalue weighted by molar-refractivity contribution is 6.00. The summed E-state index contributed by atoms with van der Waals surface area (Å²) in [4.78, 5) is 34.7. The third-order valence-corrected chi connectivity index (χ3v) is 5.67. The van der Waals surface area contributed by atoms with Crippen LogP contribution in [-0.4, -0.2) is 34.4 Å². The van der Waals surface area contributed by atoms with Gasteiger partial charge in [-0.05, 0) is 43.9 Å². The van der Waals surface area contributed by atoms with Gasteiger partial charge in [0.25, 0.3) is 5.91 Å². The van der Waals surface area contributed by atoms with Crippen LogP contribution < -0.4 is 10.2 Å². The second-order valence-electron chi connectivity index (χ2n) is 7.48. The Kier molecular flexibility index (Phi) is 4.78. The molecule has 2 aliphatic rings. The van der Waals surface area contributed by atoms with Crippen LogP contribution >= 0.6 is 0 Å². The van der Waals surface area contributed by atoms with Gasteiger partial charge in [0.1, 0.15) is 23.7 Å². The van der Waals surface area contributed by atoms with Crippen LogP contribution in [0.3, 0.4) is 0 Å². The highest BCUT2D eigenvalue weighted by atomic mass is 19.1. The van der Waals surface area contributed by atoms with Gasteiger partial charge in [-0.2, -0.15) is 0 Å². The number of nitrogens with zero attached hydrogens (tertiary/aromatic N) is 3. The Balaban J connectivity index is 1.49. The van der Waals surface area contributed by atoms with Crippen LogP contribution in [0.4, 0.5) is 14.5 Å². The molecule has 0 bridgehead atoms. The lowest BCUT2D eigenvalue weighted by atomic mass is 9.71. The monoisotopic (exact) mass is 386 g/mol. The van der Waals surface area contributed by atoms with Crippen molar-refractivity contribution < 1.29 is 18.4 Å². The lowest BCUT2D eigenvalue weighted by molar-refractivity contribution is -0.127. The van der Waals surface area contributed by atoms with Crippen molar-refractivity contribution in [2.24, 2.45) is 5.41 Å². The largest absolute Gasteiger partial charge is 0.348 e. The van der Waals surface area contributed by atoms with Crippen LogP contribution in [0.25, 0.3) is 0 Å². The van der Waals surface area contributed by atoms with Crippen molar-refractivity contribution in [3.05, 3.63) is 54.1 Å². The fourth-order valence-electron chi connectivity index (χ4n) is 4.35. The zero-order chi connectivity index (χ0) is 19.7. The van der Waals surface area contributed by atoms with Crippen molar-refractivity contribution in [3.63, 3.8) is 0 Å². The average molecular weight is 386 g/mol. The Morgan fingerprint density at radius 1 is 1.21 bits per heavy atom. The number of aromatic nitrogens is 2. The molecule has 0 radical (unpaired) electrons. The van der Waals surface area contributed by atoms with E-state index in [1.54, 1.807) is 0 Å². The van der Waals surface area contributed by atoms with Crippen LogP contribution in [0.15, 0.2) is 36.8 Å². The Morgan fingerprint density at radius 2 is 2.00 bits per heavy atom. The quantitative estimate of drug-likeness (QED) is 0.880. The highest BCUT2D eigenvalue weighted by Gasteiger charge is 2.49. The number of benzene rings is 1. The molecule has 2 aromatic rings. The Hall–Kier alpha value is -2.90. The molecule has 1 aliphatic heterocycles. The highest BCUT2D eigenvalue weighted by Crippen LogP contribution is 2.46. The summed E-state index contributed by atoms with van der Waals surface area (Å²) >= 11 is 0. The van der Waals surface area contributed by atoms with E-state index in [4.69, 9.17) is 0 Å². The number of nitrogens with one attached hydrogen (secondary N) is 1. The topological polar surface area (TPSA) is 75.2 Å². The molecule has 1 saturated carbocycles. The van der Waals surface area contributed by atoms with Crippen molar-refractivity contribution in [1.29, 1.82) is 0 Å².